The summed E-state index contributed by atoms with van der Waals surface area (Å²) in [6.45, 7) is 0.910. The third-order valence-electron chi connectivity index (χ3n) is 4.03. The first kappa shape index (κ1) is 20.2. The second kappa shape index (κ2) is 8.07. The van der Waals surface area contributed by atoms with Gasteiger partial charge in [0.25, 0.3) is 5.56 Å². The van der Waals surface area contributed by atoms with E-state index in [9.17, 15) is 25.2 Å². The Morgan fingerprint density at radius 1 is 1.42 bits per heavy atom. The first-order chi connectivity index (χ1) is 12.3. The molecule has 1 fully saturated rings. The Balaban J connectivity index is 0.000000431. The number of ether oxygens (including phenoxy) is 1. The molecule has 2 aromatic heterocycles. The van der Waals surface area contributed by atoms with Crippen LogP contribution in [0.15, 0.2) is 11.1 Å². The summed E-state index contributed by atoms with van der Waals surface area (Å²) in [6, 6.07) is 0. The Kier molecular flexibility index (Phi) is 6.28. The summed E-state index contributed by atoms with van der Waals surface area (Å²) >= 11 is 0. The van der Waals surface area contributed by atoms with Gasteiger partial charge in [0.2, 0.25) is 5.95 Å². The molecule has 0 amide bonds. The Hall–Kier alpha value is -2.09. The molecule has 1 saturated heterocycles. The Bertz CT molecular complexity index is 792. The molecule has 0 spiro atoms. The Morgan fingerprint density at radius 3 is 2.62 bits per heavy atom. The third-order valence-corrected chi connectivity index (χ3v) is 4.03. The van der Waals surface area contributed by atoms with Gasteiger partial charge in [-0.1, -0.05) is 0 Å². The third kappa shape index (κ3) is 3.56. The Labute approximate surface area is 147 Å². The van der Waals surface area contributed by atoms with Gasteiger partial charge in [0.15, 0.2) is 16.9 Å². The zero-order valence-corrected chi connectivity index (χ0v) is 14.1. The van der Waals surface area contributed by atoms with Crippen LogP contribution in [0.1, 0.15) is 13.3 Å². The molecule has 12 heteroatoms. The second-order valence-electron chi connectivity index (χ2n) is 5.85. The van der Waals surface area contributed by atoms with Crippen LogP contribution in [0, 0.1) is 0 Å². The summed E-state index contributed by atoms with van der Waals surface area (Å²) in [5, 5.41) is 46.5. The van der Waals surface area contributed by atoms with Gasteiger partial charge in [-0.25, -0.2) is 10.1 Å². The maximum Gasteiger partial charge on any atom is 0.280 e. The summed E-state index contributed by atoms with van der Waals surface area (Å²) in [6.07, 6.45) is -1.92. The van der Waals surface area contributed by atoms with Crippen LogP contribution in [0.4, 0.5) is 5.95 Å². The maximum absolute atomic E-state index is 11.8. The van der Waals surface area contributed by atoms with Gasteiger partial charge in [-0.05, 0) is 13.3 Å². The lowest BCUT2D eigenvalue weighted by Crippen LogP contribution is -2.43. The van der Waals surface area contributed by atoms with E-state index in [2.05, 4.69) is 15.0 Å². The lowest BCUT2D eigenvalue weighted by molar-refractivity contribution is -0.132. The molecule has 0 unspecified atom stereocenters. The number of H-pyrrole nitrogens is 1. The highest BCUT2D eigenvalue weighted by Gasteiger charge is 2.52. The van der Waals surface area contributed by atoms with Crippen LogP contribution in [0.5, 0.6) is 0 Å². The highest BCUT2D eigenvalue weighted by atomic mass is 16.6. The van der Waals surface area contributed by atoms with Crippen molar-refractivity contribution < 1.29 is 30.3 Å². The molecule has 12 nitrogen and oxygen atoms in total. The highest BCUT2D eigenvalue weighted by molar-refractivity contribution is 5.70. The van der Waals surface area contributed by atoms with Crippen LogP contribution in [0.3, 0.4) is 0 Å². The summed E-state index contributed by atoms with van der Waals surface area (Å²) in [5.74, 6) is -0.107. The molecule has 3 heterocycles. The van der Waals surface area contributed by atoms with Gasteiger partial charge < -0.3 is 30.9 Å². The van der Waals surface area contributed by atoms with E-state index in [1.54, 1.807) is 0 Å². The van der Waals surface area contributed by atoms with Crippen molar-refractivity contribution in [2.75, 3.05) is 25.6 Å². The van der Waals surface area contributed by atoms with E-state index in [-0.39, 0.29) is 30.3 Å². The zero-order chi connectivity index (χ0) is 19.5. The number of fused-ring (bicyclic) bond motifs is 1. The second-order valence-corrected chi connectivity index (χ2v) is 5.85. The lowest BCUT2D eigenvalue weighted by Gasteiger charge is -2.29. The van der Waals surface area contributed by atoms with E-state index in [0.717, 1.165) is 0 Å². The van der Waals surface area contributed by atoms with E-state index in [0.29, 0.717) is 6.42 Å². The summed E-state index contributed by atoms with van der Waals surface area (Å²) in [7, 11) is 0. The van der Waals surface area contributed by atoms with E-state index in [1.165, 1.54) is 17.8 Å². The first-order valence-corrected chi connectivity index (χ1v) is 7.87. The number of hydrogen-bond donors (Lipinski definition) is 6. The van der Waals surface area contributed by atoms with Crippen LogP contribution in [-0.2, 0) is 15.6 Å². The molecular weight excluding hydrogens is 350 g/mol. The lowest BCUT2D eigenvalue weighted by atomic mass is 10.0. The number of nitrogens with two attached hydrogens (primary N) is 1. The van der Waals surface area contributed by atoms with Crippen LogP contribution < -0.4 is 11.3 Å². The van der Waals surface area contributed by atoms with Gasteiger partial charge in [-0.15, -0.1) is 0 Å². The minimum atomic E-state index is -1.44. The van der Waals surface area contributed by atoms with Crippen molar-refractivity contribution in [1.82, 2.24) is 19.5 Å². The predicted molar refractivity (Wildman–Crippen MR) is 87.4 cm³/mol. The topological polar surface area (TPSA) is 200 Å². The number of aliphatic hydroxyl groups is 4. The molecule has 1 aliphatic rings. The van der Waals surface area contributed by atoms with Crippen molar-refractivity contribution in [1.29, 1.82) is 0 Å². The summed E-state index contributed by atoms with van der Waals surface area (Å²) in [5.41, 5.74) is 3.70. The zero-order valence-electron chi connectivity index (χ0n) is 14.1. The van der Waals surface area contributed by atoms with Gasteiger partial charge in [-0.3, -0.25) is 14.3 Å². The van der Waals surface area contributed by atoms with Gasteiger partial charge >= 0.3 is 0 Å². The number of imidazole rings is 1. The molecule has 4 atom stereocenters. The number of nitrogen functional groups attached to an aromatic ring is 1. The van der Waals surface area contributed by atoms with E-state index >= 15 is 0 Å². The number of nitrogens with zero attached hydrogens (tertiary/aromatic N) is 3. The van der Waals surface area contributed by atoms with Gasteiger partial charge in [-0.2, -0.15) is 4.98 Å². The molecule has 7 N–H and O–H groups in total. The number of aromatic nitrogens is 4. The number of nitrogens with one attached hydrogen (secondary N) is 1. The number of anilines is 1. The molecular formula is C14H22N5O7. The number of rotatable bonds is 4. The molecule has 0 bridgehead atoms. The molecule has 0 saturated carbocycles. The number of aliphatic hydroxyl groups excluding tert-OH is 4. The normalized spacial score (nSPS) is 28.2. The minimum absolute atomic E-state index is 0.0307. The van der Waals surface area contributed by atoms with Crippen molar-refractivity contribution >= 4 is 17.1 Å². The van der Waals surface area contributed by atoms with Gasteiger partial charge in [0, 0.05) is 6.61 Å². The minimum Gasteiger partial charge on any atom is -0.396 e. The standard InChI is InChI=1S/C11H15N5O5.C3H7O2/c1-11(7(19)6(18)4(2-17)21-11)16-3-13-5-8(16)14-10(12)15-9(5)20;4-2-1-3-5/h3-4,6-7,17-19H,2H2,1H3,(H3,12,14,15,20);4H,1-3H2/t4-,6-,7-,11-;/m1./s1. The van der Waals surface area contributed by atoms with Crippen LogP contribution >= 0.6 is 0 Å². The van der Waals surface area contributed by atoms with Crippen LogP contribution in [0.25, 0.3) is 11.2 Å². The quantitative estimate of drug-likeness (QED) is 0.330. The first-order valence-electron chi connectivity index (χ1n) is 7.87. The van der Waals surface area contributed by atoms with Crippen LogP contribution in [0.2, 0.25) is 0 Å². The highest BCUT2D eigenvalue weighted by Crippen LogP contribution is 2.36. The van der Waals surface area contributed by atoms with Crippen molar-refractivity contribution in [3.63, 3.8) is 0 Å². The van der Waals surface area contributed by atoms with Gasteiger partial charge in [0.05, 0.1) is 19.5 Å². The predicted octanol–water partition coefficient (Wildman–Crippen LogP) is -2.71. The van der Waals surface area contributed by atoms with E-state index in [1.807, 2.05) is 0 Å². The molecule has 0 aromatic carbocycles. The molecule has 1 radical (unpaired) electrons. The fraction of sp³-hybridized carbons (Fsp3) is 0.643. The van der Waals surface area contributed by atoms with E-state index < -0.39 is 36.2 Å². The van der Waals surface area contributed by atoms with Crippen molar-refractivity contribution in [2.24, 2.45) is 0 Å². The van der Waals surface area contributed by atoms with Crippen molar-refractivity contribution in [3.8, 4) is 0 Å². The van der Waals surface area contributed by atoms with E-state index in [4.69, 9.17) is 15.6 Å². The monoisotopic (exact) mass is 372 g/mol. The summed E-state index contributed by atoms with van der Waals surface area (Å²) in [4.78, 5) is 22.0. The fourth-order valence-corrected chi connectivity index (χ4v) is 2.63. The molecule has 0 aliphatic carbocycles. The average Bonchev–Trinajstić information content (AvgIpc) is 3.12. The average molecular weight is 372 g/mol. The molecule has 145 valence electrons. The molecule has 1 aliphatic heterocycles. The van der Waals surface area contributed by atoms with Crippen LogP contribution in [-0.4, -0.2) is 78.1 Å². The SMILES string of the molecule is C[C@@]1(n2cnc3c(=O)[nH]c(N)nc32)O[C@H](CO)[C@@H](O)[C@H]1O.[O]CCCO. The Morgan fingerprint density at radius 2 is 2.12 bits per heavy atom. The van der Waals surface area contributed by atoms with Crippen molar-refractivity contribution in [3.05, 3.63) is 16.7 Å². The largest absolute Gasteiger partial charge is 0.396 e. The number of aromatic amines is 1. The molecule has 3 rings (SSSR count). The molecule has 2 aromatic rings. The van der Waals surface area contributed by atoms with Crippen molar-refractivity contribution in [2.45, 2.75) is 37.4 Å². The fourth-order valence-electron chi connectivity index (χ4n) is 2.63. The molecule has 26 heavy (non-hydrogen) atoms. The summed E-state index contributed by atoms with van der Waals surface area (Å²) < 4.78 is 6.85. The maximum atomic E-state index is 11.8. The number of hydrogen-bond acceptors (Lipinski definition) is 9. The van der Waals surface area contributed by atoms with Gasteiger partial charge in [0.1, 0.15) is 18.3 Å². The smallest absolute Gasteiger partial charge is 0.280 e.